The summed E-state index contributed by atoms with van der Waals surface area (Å²) in [4.78, 5) is 8.52. The second-order valence-electron chi connectivity index (χ2n) is 8.97. The normalized spacial score (nSPS) is 29.2. The number of rotatable bonds is 3. The number of ether oxygens (including phenoxy) is 2. The molecule has 0 amide bonds. The van der Waals surface area contributed by atoms with Crippen LogP contribution in [-0.4, -0.2) is 37.6 Å². The molecule has 3 heterocycles. The predicted octanol–water partition coefficient (Wildman–Crippen LogP) is 4.31. The fourth-order valence-corrected chi connectivity index (χ4v) is 5.36. The highest BCUT2D eigenvalue weighted by Crippen LogP contribution is 2.53. The van der Waals surface area contributed by atoms with Crippen molar-refractivity contribution in [2.24, 2.45) is 5.92 Å². The Morgan fingerprint density at radius 1 is 1.16 bits per heavy atom. The van der Waals surface area contributed by atoms with E-state index >= 15 is 0 Å². The lowest BCUT2D eigenvalue weighted by Gasteiger charge is -2.34. The summed E-state index contributed by atoms with van der Waals surface area (Å²) >= 11 is 12.3. The van der Waals surface area contributed by atoms with E-state index in [4.69, 9.17) is 38.4 Å². The number of nitrogens with zero attached hydrogens (tertiary/aromatic N) is 3. The van der Waals surface area contributed by atoms with E-state index in [9.17, 15) is 5.11 Å². The van der Waals surface area contributed by atoms with E-state index < -0.39 is 11.4 Å². The Bertz CT molecular complexity index is 1160. The Kier molecular flexibility index (Phi) is 4.77. The molecule has 1 saturated heterocycles. The molecule has 2 aliphatic rings. The number of anilines is 1. The Morgan fingerprint density at radius 2 is 1.90 bits per heavy atom. The molecule has 1 aliphatic carbocycles. The fourth-order valence-electron chi connectivity index (χ4n) is 5.06. The summed E-state index contributed by atoms with van der Waals surface area (Å²) in [6.07, 6.45) is 3.44. The third-order valence-electron chi connectivity index (χ3n) is 6.56. The van der Waals surface area contributed by atoms with Gasteiger partial charge in [0.05, 0.1) is 33.2 Å². The summed E-state index contributed by atoms with van der Waals surface area (Å²) in [6.45, 7) is 5.57. The van der Waals surface area contributed by atoms with Gasteiger partial charge in [0.1, 0.15) is 23.9 Å². The molecule has 0 unspecified atom stereocenters. The van der Waals surface area contributed by atoms with Gasteiger partial charge in [-0.1, -0.05) is 29.3 Å². The number of benzene rings is 1. The molecule has 31 heavy (non-hydrogen) atoms. The number of nitrogens with two attached hydrogens (primary N) is 1. The Balaban J connectivity index is 1.58. The first kappa shape index (κ1) is 21.0. The molecule has 0 radical (unpaired) electrons. The summed E-state index contributed by atoms with van der Waals surface area (Å²) in [6, 6.07) is 7.03. The van der Waals surface area contributed by atoms with Gasteiger partial charge in [0, 0.05) is 12.1 Å². The van der Waals surface area contributed by atoms with Gasteiger partial charge in [-0.3, -0.25) is 0 Å². The van der Waals surface area contributed by atoms with Crippen molar-refractivity contribution in [3.8, 4) is 0 Å². The maximum atomic E-state index is 11.7. The van der Waals surface area contributed by atoms with E-state index in [2.05, 4.69) is 14.5 Å². The zero-order valence-corrected chi connectivity index (χ0v) is 18.9. The van der Waals surface area contributed by atoms with Gasteiger partial charge in [-0.2, -0.15) is 0 Å². The Hall–Kier alpha value is -1.90. The van der Waals surface area contributed by atoms with Crippen molar-refractivity contribution in [2.45, 2.75) is 56.8 Å². The van der Waals surface area contributed by atoms with Crippen LogP contribution in [0, 0.1) is 5.92 Å². The minimum absolute atomic E-state index is 0.0992. The number of aliphatic hydroxyl groups is 1. The highest BCUT2D eigenvalue weighted by molar-refractivity contribution is 6.42. The SMILES string of the molecule is CC1(C)O[C@@H]2[C@H](O1)[C@@H]([C@](C)(O)c1ccc(Cl)c(Cl)c1)C[C@H]2n1ccc2c(N)ncnc21. The topological polar surface area (TPSA) is 95.4 Å². The van der Waals surface area contributed by atoms with E-state index in [1.807, 2.05) is 26.1 Å². The molecule has 3 N–H and O–H groups in total. The van der Waals surface area contributed by atoms with Crippen LogP contribution in [0.25, 0.3) is 11.0 Å². The predicted molar refractivity (Wildman–Crippen MR) is 119 cm³/mol. The summed E-state index contributed by atoms with van der Waals surface area (Å²) in [5.74, 6) is -0.587. The molecule has 1 saturated carbocycles. The van der Waals surface area contributed by atoms with Gasteiger partial charge in [-0.05, 0) is 51.0 Å². The molecule has 2 aromatic heterocycles. The molecule has 7 nitrogen and oxygen atoms in total. The molecule has 1 aromatic carbocycles. The number of aromatic nitrogens is 3. The average Bonchev–Trinajstić information content (AvgIpc) is 3.35. The molecule has 0 bridgehead atoms. The summed E-state index contributed by atoms with van der Waals surface area (Å²) in [5.41, 5.74) is 6.24. The number of hydrogen-bond acceptors (Lipinski definition) is 6. The molecular weight excluding hydrogens is 439 g/mol. The van der Waals surface area contributed by atoms with Gasteiger partial charge in [0.25, 0.3) is 0 Å². The summed E-state index contributed by atoms with van der Waals surface area (Å²) in [7, 11) is 0. The fraction of sp³-hybridized carbons (Fsp3) is 0.455. The van der Waals surface area contributed by atoms with Crippen LogP contribution in [-0.2, 0) is 15.1 Å². The van der Waals surface area contributed by atoms with E-state index in [1.54, 1.807) is 25.1 Å². The van der Waals surface area contributed by atoms with Crippen molar-refractivity contribution in [3.63, 3.8) is 0 Å². The van der Waals surface area contributed by atoms with Crippen LogP contribution >= 0.6 is 23.2 Å². The Labute approximate surface area is 190 Å². The van der Waals surface area contributed by atoms with Crippen LogP contribution in [0.1, 0.15) is 38.8 Å². The van der Waals surface area contributed by atoms with Crippen molar-refractivity contribution < 1.29 is 14.6 Å². The van der Waals surface area contributed by atoms with Crippen molar-refractivity contribution in [1.82, 2.24) is 14.5 Å². The lowest BCUT2D eigenvalue weighted by atomic mass is 9.80. The zero-order valence-electron chi connectivity index (χ0n) is 17.4. The third-order valence-corrected chi connectivity index (χ3v) is 7.30. The van der Waals surface area contributed by atoms with Crippen molar-refractivity contribution in [3.05, 3.63) is 52.4 Å². The molecule has 1 aliphatic heterocycles. The molecule has 2 fully saturated rings. The highest BCUT2D eigenvalue weighted by atomic mass is 35.5. The Morgan fingerprint density at radius 3 is 2.65 bits per heavy atom. The molecule has 3 aromatic rings. The molecular formula is C22H24Cl2N4O3. The molecule has 5 atom stereocenters. The van der Waals surface area contributed by atoms with Crippen molar-refractivity contribution in [1.29, 1.82) is 0 Å². The lowest BCUT2D eigenvalue weighted by molar-refractivity contribution is -0.172. The third kappa shape index (κ3) is 3.31. The highest BCUT2D eigenvalue weighted by Gasteiger charge is 2.59. The van der Waals surface area contributed by atoms with Gasteiger partial charge in [0.15, 0.2) is 5.79 Å². The standard InChI is InChI=1S/C22H24Cl2N4O3/c1-21(2)30-17-13(22(3,29)11-4-5-14(23)15(24)8-11)9-16(18(17)31-21)28-7-6-12-19(25)26-10-27-20(12)28/h4-8,10,13,16-18,29H,9H2,1-3H3,(H2,25,26,27)/t13-,16+,17+,18-,22+/m0/s1. The van der Waals surface area contributed by atoms with Gasteiger partial charge in [-0.25, -0.2) is 9.97 Å². The maximum absolute atomic E-state index is 11.7. The van der Waals surface area contributed by atoms with E-state index in [1.165, 1.54) is 6.33 Å². The quantitative estimate of drug-likeness (QED) is 0.601. The van der Waals surface area contributed by atoms with Gasteiger partial charge < -0.3 is 24.9 Å². The number of nitrogen functional groups attached to an aromatic ring is 1. The minimum atomic E-state index is -1.22. The van der Waals surface area contributed by atoms with Crippen LogP contribution in [0.5, 0.6) is 0 Å². The number of halogens is 2. The van der Waals surface area contributed by atoms with Crippen LogP contribution < -0.4 is 5.73 Å². The van der Waals surface area contributed by atoms with Crippen LogP contribution in [0.4, 0.5) is 5.82 Å². The molecule has 5 rings (SSSR count). The zero-order chi connectivity index (χ0) is 22.1. The smallest absolute Gasteiger partial charge is 0.163 e. The number of hydrogen-bond donors (Lipinski definition) is 2. The monoisotopic (exact) mass is 462 g/mol. The lowest BCUT2D eigenvalue weighted by Crippen LogP contribution is -2.39. The van der Waals surface area contributed by atoms with E-state index in [0.29, 0.717) is 27.8 Å². The van der Waals surface area contributed by atoms with Gasteiger partial charge >= 0.3 is 0 Å². The summed E-state index contributed by atoms with van der Waals surface area (Å²) < 4.78 is 14.7. The largest absolute Gasteiger partial charge is 0.385 e. The van der Waals surface area contributed by atoms with Crippen molar-refractivity contribution >= 4 is 40.1 Å². The van der Waals surface area contributed by atoms with E-state index in [-0.39, 0.29) is 24.2 Å². The number of fused-ring (bicyclic) bond motifs is 2. The van der Waals surface area contributed by atoms with Crippen LogP contribution in [0.3, 0.4) is 0 Å². The molecule has 0 spiro atoms. The molecule has 9 heteroatoms. The van der Waals surface area contributed by atoms with Crippen LogP contribution in [0.2, 0.25) is 10.0 Å². The first-order chi connectivity index (χ1) is 14.6. The first-order valence-electron chi connectivity index (χ1n) is 10.2. The maximum Gasteiger partial charge on any atom is 0.163 e. The van der Waals surface area contributed by atoms with Crippen LogP contribution in [0.15, 0.2) is 36.8 Å². The average molecular weight is 463 g/mol. The summed E-state index contributed by atoms with van der Waals surface area (Å²) in [5, 5.41) is 13.3. The van der Waals surface area contributed by atoms with Crippen molar-refractivity contribution in [2.75, 3.05) is 5.73 Å². The minimum Gasteiger partial charge on any atom is -0.385 e. The van der Waals surface area contributed by atoms with Gasteiger partial charge in [-0.15, -0.1) is 0 Å². The molecule has 164 valence electrons. The first-order valence-corrected chi connectivity index (χ1v) is 10.9. The van der Waals surface area contributed by atoms with E-state index in [0.717, 1.165) is 11.0 Å². The van der Waals surface area contributed by atoms with Gasteiger partial charge in [0.2, 0.25) is 0 Å². The second-order valence-corrected chi connectivity index (χ2v) is 9.78. The second kappa shape index (κ2) is 7.05.